The Bertz CT molecular complexity index is 431. The molecule has 0 spiro atoms. The zero-order valence-electron chi connectivity index (χ0n) is 8.75. The van der Waals surface area contributed by atoms with Gasteiger partial charge in [-0.05, 0) is 19.1 Å². The van der Waals surface area contributed by atoms with E-state index in [-0.39, 0.29) is 6.61 Å². The van der Waals surface area contributed by atoms with Crippen LogP contribution in [0.15, 0.2) is 18.3 Å². The first kappa shape index (κ1) is 13.1. The van der Waals surface area contributed by atoms with Crippen molar-refractivity contribution >= 4 is 11.8 Å². The second-order valence-electron chi connectivity index (χ2n) is 2.99. The van der Waals surface area contributed by atoms with E-state index >= 15 is 0 Å². The first-order valence-corrected chi connectivity index (χ1v) is 4.61. The first-order valence-electron chi connectivity index (χ1n) is 4.61. The number of aromatic nitrogens is 1. The maximum atomic E-state index is 13.2. The molecule has 17 heavy (non-hydrogen) atoms. The molecule has 0 N–H and O–H groups in total. The summed E-state index contributed by atoms with van der Waals surface area (Å²) in [6.45, 7) is 1.05. The smallest absolute Gasteiger partial charge is 0.405 e. The molecule has 0 unspecified atom stereocenters. The van der Waals surface area contributed by atoms with Crippen LogP contribution < -0.4 is 0 Å². The van der Waals surface area contributed by atoms with Gasteiger partial charge in [0.25, 0.3) is 5.78 Å². The summed E-state index contributed by atoms with van der Waals surface area (Å²) in [4.78, 5) is 25.3. The van der Waals surface area contributed by atoms with Gasteiger partial charge in [0.1, 0.15) is 11.5 Å². The Morgan fingerprint density at radius 3 is 2.53 bits per heavy atom. The molecule has 0 amide bonds. The zero-order chi connectivity index (χ0) is 13.1. The molecule has 0 atom stereocenters. The molecule has 7 heteroatoms. The minimum absolute atomic E-state index is 0.279. The number of carbonyl (C=O) groups excluding carboxylic acids is 2. The lowest BCUT2D eigenvalue weighted by molar-refractivity contribution is -0.164. The number of ketones is 1. The van der Waals surface area contributed by atoms with Gasteiger partial charge in [0, 0.05) is 0 Å². The van der Waals surface area contributed by atoms with Crippen LogP contribution in [0.4, 0.5) is 13.2 Å². The summed E-state index contributed by atoms with van der Waals surface area (Å²) >= 11 is 0. The molecule has 92 valence electrons. The molecule has 4 nitrogen and oxygen atoms in total. The van der Waals surface area contributed by atoms with Crippen LogP contribution in [0.5, 0.6) is 0 Å². The Hall–Kier alpha value is -1.92. The number of ether oxygens (including phenoxy) is 1. The fourth-order valence-electron chi connectivity index (χ4n) is 0.985. The largest absolute Gasteiger partial charge is 0.461 e. The van der Waals surface area contributed by atoms with Crippen molar-refractivity contribution in [3.8, 4) is 0 Å². The van der Waals surface area contributed by atoms with Crippen molar-refractivity contribution in [3.05, 3.63) is 29.8 Å². The summed E-state index contributed by atoms with van der Waals surface area (Å²) in [5, 5.41) is 0. The van der Waals surface area contributed by atoms with Crippen LogP contribution in [-0.4, -0.2) is 29.3 Å². The molecule has 1 aromatic heterocycles. The summed E-state index contributed by atoms with van der Waals surface area (Å²) in [7, 11) is 0. The third-order valence-corrected chi connectivity index (χ3v) is 1.78. The van der Waals surface area contributed by atoms with Crippen molar-refractivity contribution in [2.24, 2.45) is 0 Å². The lowest BCUT2D eigenvalue weighted by Gasteiger charge is -2.12. The third kappa shape index (κ3) is 2.80. The van der Waals surface area contributed by atoms with Crippen LogP contribution >= 0.6 is 0 Å². The van der Waals surface area contributed by atoms with E-state index in [4.69, 9.17) is 0 Å². The summed E-state index contributed by atoms with van der Waals surface area (Å²) in [5.74, 6) is -8.87. The fourth-order valence-corrected chi connectivity index (χ4v) is 0.985. The zero-order valence-corrected chi connectivity index (χ0v) is 8.75. The predicted octanol–water partition coefficient (Wildman–Crippen LogP) is 1.60. The van der Waals surface area contributed by atoms with Gasteiger partial charge in [0.2, 0.25) is 0 Å². The molecule has 0 aliphatic rings. The average Bonchev–Trinajstić information content (AvgIpc) is 2.29. The van der Waals surface area contributed by atoms with E-state index in [0.717, 1.165) is 12.1 Å². The Morgan fingerprint density at radius 1 is 1.41 bits per heavy atom. The highest BCUT2D eigenvalue weighted by molar-refractivity contribution is 6.12. The number of halogens is 3. The molecule has 0 fully saturated rings. The molecule has 0 aromatic carbocycles. The highest BCUT2D eigenvalue weighted by Gasteiger charge is 2.49. The minimum atomic E-state index is -4.32. The molecular weight excluding hydrogens is 239 g/mol. The van der Waals surface area contributed by atoms with E-state index in [1.165, 1.54) is 6.92 Å². The Morgan fingerprint density at radius 2 is 2.06 bits per heavy atom. The number of alkyl halides is 2. The Balaban J connectivity index is 2.95. The molecule has 0 radical (unpaired) electrons. The summed E-state index contributed by atoms with van der Waals surface area (Å²) in [5.41, 5.74) is -0.704. The van der Waals surface area contributed by atoms with Crippen molar-refractivity contribution in [1.29, 1.82) is 0 Å². The maximum Gasteiger partial charge on any atom is 0.405 e. The van der Waals surface area contributed by atoms with Crippen LogP contribution in [0.1, 0.15) is 17.4 Å². The number of hydrogen-bond acceptors (Lipinski definition) is 4. The van der Waals surface area contributed by atoms with Crippen LogP contribution in [0.25, 0.3) is 0 Å². The number of nitrogens with zero attached hydrogens (tertiary/aromatic N) is 1. The Kier molecular flexibility index (Phi) is 3.82. The number of Topliss-reactive ketones (excluding diaryl/α,β-unsaturated/α-hetero) is 1. The first-order chi connectivity index (χ1) is 7.89. The SMILES string of the molecule is CCOC(=O)C(F)(F)C(=O)c1ccc(F)cn1. The van der Waals surface area contributed by atoms with Gasteiger partial charge in [-0.15, -0.1) is 0 Å². The van der Waals surface area contributed by atoms with Crippen molar-refractivity contribution in [1.82, 2.24) is 4.98 Å². The van der Waals surface area contributed by atoms with Gasteiger partial charge in [-0.1, -0.05) is 0 Å². The van der Waals surface area contributed by atoms with E-state index in [9.17, 15) is 22.8 Å². The topological polar surface area (TPSA) is 56.3 Å². The second-order valence-corrected chi connectivity index (χ2v) is 2.99. The number of hydrogen-bond donors (Lipinski definition) is 0. The minimum Gasteiger partial charge on any atom is -0.461 e. The van der Waals surface area contributed by atoms with Gasteiger partial charge < -0.3 is 4.74 Å². The van der Waals surface area contributed by atoms with Gasteiger partial charge in [-0.2, -0.15) is 8.78 Å². The molecule has 1 aromatic rings. The van der Waals surface area contributed by atoms with E-state index < -0.39 is 29.2 Å². The van der Waals surface area contributed by atoms with Gasteiger partial charge in [0.05, 0.1) is 12.8 Å². The van der Waals surface area contributed by atoms with Gasteiger partial charge in [-0.3, -0.25) is 4.79 Å². The fraction of sp³-hybridized carbons (Fsp3) is 0.300. The molecule has 1 rings (SSSR count). The second kappa shape index (κ2) is 4.94. The van der Waals surface area contributed by atoms with Gasteiger partial charge in [0.15, 0.2) is 0 Å². The number of rotatable bonds is 4. The van der Waals surface area contributed by atoms with E-state index in [0.29, 0.717) is 6.20 Å². The monoisotopic (exact) mass is 247 g/mol. The van der Waals surface area contributed by atoms with Gasteiger partial charge in [-0.25, -0.2) is 14.2 Å². The van der Waals surface area contributed by atoms with Crippen LogP contribution in [0.3, 0.4) is 0 Å². The highest BCUT2D eigenvalue weighted by Crippen LogP contribution is 2.21. The summed E-state index contributed by atoms with van der Waals surface area (Å²) in [6, 6.07) is 1.56. The number of esters is 1. The van der Waals surface area contributed by atoms with Crippen LogP contribution in [0, 0.1) is 5.82 Å². The van der Waals surface area contributed by atoms with Crippen molar-refractivity contribution < 1.29 is 27.5 Å². The molecular formula is C10H8F3NO3. The quantitative estimate of drug-likeness (QED) is 0.460. The average molecular weight is 247 g/mol. The molecule has 0 bridgehead atoms. The van der Waals surface area contributed by atoms with Crippen molar-refractivity contribution in [2.45, 2.75) is 12.8 Å². The molecule has 0 saturated heterocycles. The molecule has 0 aliphatic carbocycles. The third-order valence-electron chi connectivity index (χ3n) is 1.78. The van der Waals surface area contributed by atoms with Crippen LogP contribution in [0.2, 0.25) is 0 Å². The van der Waals surface area contributed by atoms with E-state index in [1.807, 2.05) is 0 Å². The maximum absolute atomic E-state index is 13.2. The molecule has 1 heterocycles. The van der Waals surface area contributed by atoms with Crippen molar-refractivity contribution in [3.63, 3.8) is 0 Å². The summed E-state index contributed by atoms with van der Waals surface area (Å²) < 4.78 is 43.0. The van der Waals surface area contributed by atoms with Crippen molar-refractivity contribution in [2.75, 3.05) is 6.61 Å². The normalized spacial score (nSPS) is 11.1. The summed E-state index contributed by atoms with van der Waals surface area (Å²) in [6.07, 6.45) is 0.606. The Labute approximate surface area is 94.4 Å². The molecule has 0 aliphatic heterocycles. The lowest BCUT2D eigenvalue weighted by Crippen LogP contribution is -2.39. The van der Waals surface area contributed by atoms with Gasteiger partial charge >= 0.3 is 11.9 Å². The van der Waals surface area contributed by atoms with E-state index in [2.05, 4.69) is 9.72 Å². The highest BCUT2D eigenvalue weighted by atomic mass is 19.3. The number of pyridine rings is 1. The lowest BCUT2D eigenvalue weighted by atomic mass is 10.1. The standard InChI is InChI=1S/C10H8F3NO3/c1-2-17-9(16)10(12,13)8(15)7-4-3-6(11)5-14-7/h3-5H,2H2,1H3. The van der Waals surface area contributed by atoms with E-state index in [1.54, 1.807) is 0 Å². The molecule has 0 saturated carbocycles. The predicted molar refractivity (Wildman–Crippen MR) is 50.1 cm³/mol. The number of carbonyl (C=O) groups is 2. The van der Waals surface area contributed by atoms with Crippen LogP contribution in [-0.2, 0) is 9.53 Å².